The maximum atomic E-state index is 10.7. The molecule has 94 valence electrons. The van der Waals surface area contributed by atoms with Crippen LogP contribution >= 0.6 is 11.3 Å². The Morgan fingerprint density at radius 1 is 1.44 bits per heavy atom. The monoisotopic (exact) mass is 260 g/mol. The first-order valence-electron chi connectivity index (χ1n) is 6.14. The van der Waals surface area contributed by atoms with Gasteiger partial charge in [-0.25, -0.2) is 4.98 Å². The second-order valence-electron chi connectivity index (χ2n) is 4.79. The molecule has 0 aliphatic heterocycles. The number of benzene rings is 1. The lowest BCUT2D eigenvalue weighted by atomic mass is 9.77. The summed E-state index contributed by atoms with van der Waals surface area (Å²) in [6, 6.07) is 8.28. The van der Waals surface area contributed by atoms with Crippen LogP contribution in [0.1, 0.15) is 28.7 Å². The predicted octanol–water partition coefficient (Wildman–Crippen LogP) is 2.02. The molecule has 1 heterocycles. The van der Waals surface area contributed by atoms with Crippen LogP contribution in [0.3, 0.4) is 0 Å². The summed E-state index contributed by atoms with van der Waals surface area (Å²) >= 11 is 1.49. The number of aliphatic hydroxyl groups excluding tert-OH is 1. The number of fused-ring (bicyclic) bond motifs is 1. The minimum atomic E-state index is -0.605. The minimum Gasteiger partial charge on any atom is -0.385 e. The van der Waals surface area contributed by atoms with Crippen LogP contribution in [0.5, 0.6) is 0 Å². The van der Waals surface area contributed by atoms with Crippen molar-refractivity contribution in [3.63, 3.8) is 0 Å². The Kier molecular flexibility index (Phi) is 2.93. The van der Waals surface area contributed by atoms with Crippen molar-refractivity contribution in [2.45, 2.75) is 24.4 Å². The van der Waals surface area contributed by atoms with E-state index >= 15 is 0 Å². The largest absolute Gasteiger partial charge is 0.385 e. The summed E-state index contributed by atoms with van der Waals surface area (Å²) in [5, 5.41) is 13.3. The van der Waals surface area contributed by atoms with Gasteiger partial charge in [0.2, 0.25) is 0 Å². The molecule has 2 atom stereocenters. The molecule has 4 heteroatoms. The molecule has 0 fully saturated rings. The van der Waals surface area contributed by atoms with Crippen LogP contribution in [0, 0.1) is 0 Å². The Morgan fingerprint density at radius 2 is 2.28 bits per heavy atom. The molecule has 2 unspecified atom stereocenters. The van der Waals surface area contributed by atoms with Crippen LogP contribution in [0.15, 0.2) is 35.8 Å². The molecular weight excluding hydrogens is 244 g/mol. The predicted molar refractivity (Wildman–Crippen MR) is 72.6 cm³/mol. The molecule has 3 N–H and O–H groups in total. The lowest BCUT2D eigenvalue weighted by Crippen LogP contribution is -2.39. The quantitative estimate of drug-likeness (QED) is 0.887. The lowest BCUT2D eigenvalue weighted by Gasteiger charge is -2.33. The Bertz CT molecular complexity index is 540. The Labute approximate surface area is 110 Å². The van der Waals surface area contributed by atoms with Gasteiger partial charge in [-0.15, -0.1) is 11.3 Å². The van der Waals surface area contributed by atoms with Crippen LogP contribution in [0.2, 0.25) is 0 Å². The highest BCUT2D eigenvalue weighted by Gasteiger charge is 2.45. The highest BCUT2D eigenvalue weighted by Crippen LogP contribution is 2.46. The van der Waals surface area contributed by atoms with Gasteiger partial charge in [0.25, 0.3) is 0 Å². The van der Waals surface area contributed by atoms with E-state index in [0.29, 0.717) is 6.54 Å². The number of nitrogens with zero attached hydrogens (tertiary/aromatic N) is 1. The summed E-state index contributed by atoms with van der Waals surface area (Å²) in [6.45, 7) is 0.449. The topological polar surface area (TPSA) is 59.1 Å². The zero-order valence-corrected chi connectivity index (χ0v) is 10.9. The van der Waals surface area contributed by atoms with Crippen LogP contribution in [0.25, 0.3) is 0 Å². The summed E-state index contributed by atoms with van der Waals surface area (Å²) in [5.41, 5.74) is 8.14. The van der Waals surface area contributed by atoms with Gasteiger partial charge in [0, 0.05) is 23.5 Å². The molecule has 0 saturated carbocycles. The Morgan fingerprint density at radius 3 is 3.00 bits per heavy atom. The molecular formula is C14H16N2OS. The number of hydrogen-bond donors (Lipinski definition) is 2. The Hall–Kier alpha value is -1.23. The normalized spacial score (nSPS) is 23.9. The zero-order valence-electron chi connectivity index (χ0n) is 10.0. The minimum absolute atomic E-state index is 0.367. The summed E-state index contributed by atoms with van der Waals surface area (Å²) in [4.78, 5) is 4.24. The van der Waals surface area contributed by atoms with Gasteiger partial charge in [-0.3, -0.25) is 0 Å². The number of aryl methyl sites for hydroxylation is 1. The van der Waals surface area contributed by atoms with Crippen molar-refractivity contribution in [1.82, 2.24) is 4.98 Å². The van der Waals surface area contributed by atoms with E-state index in [2.05, 4.69) is 17.1 Å². The maximum Gasteiger partial charge on any atom is 0.122 e. The van der Waals surface area contributed by atoms with Crippen molar-refractivity contribution < 1.29 is 5.11 Å². The van der Waals surface area contributed by atoms with Gasteiger partial charge in [0.1, 0.15) is 11.1 Å². The average Bonchev–Trinajstić information content (AvgIpc) is 3.06. The summed E-state index contributed by atoms with van der Waals surface area (Å²) in [5.74, 6) is 0. The standard InChI is InChI=1S/C14H16N2OS/c15-9-14(12(17)13-16-7-8-18-13)6-5-10-3-1-2-4-11(10)14/h1-4,7-8,12,17H,5-6,9,15H2. The van der Waals surface area contributed by atoms with Gasteiger partial charge in [-0.2, -0.15) is 0 Å². The second kappa shape index (κ2) is 4.46. The number of thiazole rings is 1. The molecule has 0 saturated heterocycles. The first-order chi connectivity index (χ1) is 8.78. The molecule has 0 amide bonds. The van der Waals surface area contributed by atoms with Crippen molar-refractivity contribution in [2.24, 2.45) is 5.73 Å². The molecule has 1 aliphatic rings. The van der Waals surface area contributed by atoms with Gasteiger partial charge in [0.15, 0.2) is 0 Å². The van der Waals surface area contributed by atoms with Gasteiger partial charge in [-0.1, -0.05) is 24.3 Å². The van der Waals surface area contributed by atoms with Gasteiger partial charge < -0.3 is 10.8 Å². The molecule has 0 bridgehead atoms. The SMILES string of the molecule is NCC1(C(O)c2nccs2)CCc2ccccc21. The van der Waals surface area contributed by atoms with Gasteiger partial charge >= 0.3 is 0 Å². The fourth-order valence-corrected chi connectivity index (χ4v) is 3.67. The van der Waals surface area contributed by atoms with E-state index in [-0.39, 0.29) is 5.41 Å². The van der Waals surface area contributed by atoms with E-state index in [4.69, 9.17) is 5.73 Å². The molecule has 0 radical (unpaired) electrons. The molecule has 1 aromatic heterocycles. The van der Waals surface area contributed by atoms with E-state index in [9.17, 15) is 5.11 Å². The number of nitrogens with two attached hydrogens (primary N) is 1. The smallest absolute Gasteiger partial charge is 0.122 e. The summed E-state index contributed by atoms with van der Waals surface area (Å²) in [7, 11) is 0. The fourth-order valence-electron chi connectivity index (χ4n) is 2.93. The number of rotatable bonds is 3. The molecule has 2 aromatic rings. The average molecular weight is 260 g/mol. The van der Waals surface area contributed by atoms with Crippen molar-refractivity contribution >= 4 is 11.3 Å². The number of hydrogen-bond acceptors (Lipinski definition) is 4. The first-order valence-corrected chi connectivity index (χ1v) is 7.02. The lowest BCUT2D eigenvalue weighted by molar-refractivity contribution is 0.0838. The van der Waals surface area contributed by atoms with E-state index in [1.54, 1.807) is 6.20 Å². The van der Waals surface area contributed by atoms with Crippen molar-refractivity contribution in [1.29, 1.82) is 0 Å². The van der Waals surface area contributed by atoms with Gasteiger partial charge in [0.05, 0.1) is 0 Å². The van der Waals surface area contributed by atoms with Crippen LogP contribution in [0.4, 0.5) is 0 Å². The second-order valence-corrected chi connectivity index (χ2v) is 5.72. The number of aromatic nitrogens is 1. The summed E-state index contributed by atoms with van der Waals surface area (Å²) in [6.07, 6.45) is 3.00. The molecule has 3 rings (SSSR count). The first kappa shape index (κ1) is 11.8. The Balaban J connectivity index is 2.07. The van der Waals surface area contributed by atoms with Crippen molar-refractivity contribution in [2.75, 3.05) is 6.54 Å². The zero-order chi connectivity index (χ0) is 12.6. The third kappa shape index (κ3) is 1.61. The fraction of sp³-hybridized carbons (Fsp3) is 0.357. The third-order valence-corrected chi connectivity index (χ3v) is 4.80. The van der Waals surface area contributed by atoms with E-state index in [0.717, 1.165) is 17.8 Å². The molecule has 18 heavy (non-hydrogen) atoms. The molecule has 1 aromatic carbocycles. The molecule has 0 spiro atoms. The maximum absolute atomic E-state index is 10.7. The van der Waals surface area contributed by atoms with Crippen molar-refractivity contribution in [3.8, 4) is 0 Å². The highest BCUT2D eigenvalue weighted by molar-refractivity contribution is 7.09. The van der Waals surface area contributed by atoms with Crippen LogP contribution in [-0.2, 0) is 11.8 Å². The highest BCUT2D eigenvalue weighted by atomic mass is 32.1. The van der Waals surface area contributed by atoms with E-state index in [1.165, 1.54) is 22.5 Å². The van der Waals surface area contributed by atoms with Crippen LogP contribution in [-0.4, -0.2) is 16.6 Å². The third-order valence-electron chi connectivity index (χ3n) is 3.97. The molecule has 3 nitrogen and oxygen atoms in total. The van der Waals surface area contributed by atoms with Crippen LogP contribution < -0.4 is 5.73 Å². The number of aliphatic hydroxyl groups is 1. The van der Waals surface area contributed by atoms with E-state index < -0.39 is 6.10 Å². The molecule has 1 aliphatic carbocycles. The summed E-state index contributed by atoms with van der Waals surface area (Å²) < 4.78 is 0. The van der Waals surface area contributed by atoms with Gasteiger partial charge in [-0.05, 0) is 24.0 Å². The van der Waals surface area contributed by atoms with Crippen molar-refractivity contribution in [3.05, 3.63) is 52.0 Å². The van der Waals surface area contributed by atoms with E-state index in [1.807, 2.05) is 17.5 Å².